The topological polar surface area (TPSA) is 58.6 Å². The molecule has 1 aliphatic heterocycles. The molecule has 0 bridgehead atoms. The fourth-order valence-electron chi connectivity index (χ4n) is 3.78. The average molecular weight is 415 g/mol. The maximum atomic E-state index is 12.9. The quantitative estimate of drug-likeness (QED) is 0.579. The SMILES string of the molecule is C[C@@H](NC(=O)[C@@H]1CCN(c2ccc(OCc3ccccc3)cc2)C1=O)c1ccccc1. The Labute approximate surface area is 182 Å². The molecule has 2 amide bonds. The lowest BCUT2D eigenvalue weighted by Gasteiger charge is -2.19. The summed E-state index contributed by atoms with van der Waals surface area (Å²) in [4.78, 5) is 27.3. The number of nitrogens with one attached hydrogen (secondary N) is 1. The van der Waals surface area contributed by atoms with E-state index in [1.165, 1.54) is 0 Å². The molecule has 5 heteroatoms. The van der Waals surface area contributed by atoms with Gasteiger partial charge in [0, 0.05) is 12.2 Å². The molecule has 0 spiro atoms. The summed E-state index contributed by atoms with van der Waals surface area (Å²) < 4.78 is 5.81. The summed E-state index contributed by atoms with van der Waals surface area (Å²) in [6.45, 7) is 2.95. The van der Waals surface area contributed by atoms with Crippen LogP contribution in [0.25, 0.3) is 0 Å². The maximum absolute atomic E-state index is 12.9. The van der Waals surface area contributed by atoms with Crippen LogP contribution in [0.3, 0.4) is 0 Å². The molecule has 0 saturated carbocycles. The number of amides is 2. The van der Waals surface area contributed by atoms with E-state index in [1.54, 1.807) is 4.90 Å². The Hall–Kier alpha value is -3.60. The lowest BCUT2D eigenvalue weighted by Crippen LogP contribution is -2.38. The van der Waals surface area contributed by atoms with Gasteiger partial charge in [-0.2, -0.15) is 0 Å². The smallest absolute Gasteiger partial charge is 0.239 e. The number of hydrogen-bond donors (Lipinski definition) is 1. The first-order chi connectivity index (χ1) is 15.1. The predicted molar refractivity (Wildman–Crippen MR) is 121 cm³/mol. The number of carbonyl (C=O) groups is 2. The van der Waals surface area contributed by atoms with Gasteiger partial charge in [0.1, 0.15) is 18.3 Å². The maximum Gasteiger partial charge on any atom is 0.239 e. The molecule has 1 fully saturated rings. The van der Waals surface area contributed by atoms with E-state index in [0.29, 0.717) is 19.6 Å². The summed E-state index contributed by atoms with van der Waals surface area (Å²) in [5.41, 5.74) is 2.90. The fourth-order valence-corrected chi connectivity index (χ4v) is 3.78. The first-order valence-electron chi connectivity index (χ1n) is 10.6. The van der Waals surface area contributed by atoms with E-state index in [-0.39, 0.29) is 17.9 Å². The van der Waals surface area contributed by atoms with Crippen molar-refractivity contribution in [2.45, 2.75) is 26.0 Å². The molecule has 2 atom stereocenters. The fraction of sp³-hybridized carbons (Fsp3) is 0.231. The molecule has 0 aromatic heterocycles. The molecule has 31 heavy (non-hydrogen) atoms. The standard InChI is InChI=1S/C26H26N2O3/c1-19(21-10-6-3-7-11-21)27-25(29)24-16-17-28(26(24)30)22-12-14-23(15-13-22)31-18-20-8-4-2-5-9-20/h2-15,19,24H,16-18H2,1H3,(H,27,29)/t19-,24+/m1/s1. The molecule has 3 aromatic rings. The van der Waals surface area contributed by atoms with E-state index < -0.39 is 5.92 Å². The predicted octanol–water partition coefficient (Wildman–Crippen LogP) is 4.50. The molecule has 1 aliphatic rings. The zero-order chi connectivity index (χ0) is 21.6. The Morgan fingerprint density at radius 2 is 1.65 bits per heavy atom. The van der Waals surface area contributed by atoms with Gasteiger partial charge in [-0.25, -0.2) is 0 Å². The number of benzene rings is 3. The molecule has 1 heterocycles. The van der Waals surface area contributed by atoms with Gasteiger partial charge in [-0.15, -0.1) is 0 Å². The third-order valence-electron chi connectivity index (χ3n) is 5.58. The second-order valence-electron chi connectivity index (χ2n) is 7.74. The van der Waals surface area contributed by atoms with Crippen LogP contribution >= 0.6 is 0 Å². The van der Waals surface area contributed by atoms with Crippen molar-refractivity contribution in [2.75, 3.05) is 11.4 Å². The summed E-state index contributed by atoms with van der Waals surface area (Å²) in [7, 11) is 0. The summed E-state index contributed by atoms with van der Waals surface area (Å²) >= 11 is 0. The minimum atomic E-state index is -0.653. The summed E-state index contributed by atoms with van der Waals surface area (Å²) in [5.74, 6) is -0.284. The lowest BCUT2D eigenvalue weighted by atomic mass is 10.0. The molecule has 158 valence electrons. The minimum absolute atomic E-state index is 0.142. The average Bonchev–Trinajstić information content (AvgIpc) is 3.20. The van der Waals surface area contributed by atoms with Gasteiger partial charge < -0.3 is 15.0 Å². The van der Waals surface area contributed by atoms with Gasteiger partial charge in [0.15, 0.2) is 0 Å². The first kappa shape index (κ1) is 20.7. The van der Waals surface area contributed by atoms with Crippen molar-refractivity contribution in [3.05, 3.63) is 96.1 Å². The Balaban J connectivity index is 1.34. The largest absolute Gasteiger partial charge is 0.489 e. The summed E-state index contributed by atoms with van der Waals surface area (Å²) in [5, 5.41) is 2.98. The van der Waals surface area contributed by atoms with Crippen molar-refractivity contribution in [2.24, 2.45) is 5.92 Å². The summed E-state index contributed by atoms with van der Waals surface area (Å²) in [6.07, 6.45) is 0.512. The Kier molecular flexibility index (Phi) is 6.32. The number of hydrogen-bond acceptors (Lipinski definition) is 3. The highest BCUT2D eigenvalue weighted by Gasteiger charge is 2.38. The normalized spacial score (nSPS) is 16.7. The number of carbonyl (C=O) groups excluding carboxylic acids is 2. The van der Waals surface area contributed by atoms with Gasteiger partial charge in [-0.05, 0) is 48.7 Å². The highest BCUT2D eigenvalue weighted by atomic mass is 16.5. The van der Waals surface area contributed by atoms with E-state index in [1.807, 2.05) is 91.9 Å². The van der Waals surface area contributed by atoms with Gasteiger partial charge in [0.2, 0.25) is 11.8 Å². The van der Waals surface area contributed by atoms with Crippen LogP contribution < -0.4 is 15.0 Å². The van der Waals surface area contributed by atoms with Crippen LogP contribution in [0.15, 0.2) is 84.9 Å². The van der Waals surface area contributed by atoms with Crippen molar-refractivity contribution >= 4 is 17.5 Å². The van der Waals surface area contributed by atoms with E-state index in [9.17, 15) is 9.59 Å². The van der Waals surface area contributed by atoms with Crippen molar-refractivity contribution < 1.29 is 14.3 Å². The molecule has 1 saturated heterocycles. The van der Waals surface area contributed by atoms with Crippen LogP contribution in [-0.4, -0.2) is 18.4 Å². The second kappa shape index (κ2) is 9.47. The van der Waals surface area contributed by atoms with Crippen LogP contribution in [0, 0.1) is 5.92 Å². The van der Waals surface area contributed by atoms with Gasteiger partial charge in [-0.3, -0.25) is 9.59 Å². The molecular weight excluding hydrogens is 388 g/mol. The number of anilines is 1. The van der Waals surface area contributed by atoms with Crippen molar-refractivity contribution in [1.82, 2.24) is 5.32 Å². The Morgan fingerprint density at radius 1 is 1.00 bits per heavy atom. The van der Waals surface area contributed by atoms with Crippen LogP contribution in [-0.2, 0) is 16.2 Å². The van der Waals surface area contributed by atoms with Gasteiger partial charge in [0.25, 0.3) is 0 Å². The second-order valence-corrected chi connectivity index (χ2v) is 7.74. The highest BCUT2D eigenvalue weighted by Crippen LogP contribution is 2.28. The zero-order valence-electron chi connectivity index (χ0n) is 17.5. The first-order valence-corrected chi connectivity index (χ1v) is 10.6. The van der Waals surface area contributed by atoms with Gasteiger partial charge in [-0.1, -0.05) is 60.7 Å². The lowest BCUT2D eigenvalue weighted by molar-refractivity contribution is -0.132. The van der Waals surface area contributed by atoms with Crippen LogP contribution in [0.4, 0.5) is 5.69 Å². The Bertz CT molecular complexity index is 1020. The third kappa shape index (κ3) is 4.94. The molecule has 0 unspecified atom stereocenters. The van der Waals surface area contributed by atoms with Gasteiger partial charge >= 0.3 is 0 Å². The molecule has 3 aromatic carbocycles. The van der Waals surface area contributed by atoms with E-state index in [4.69, 9.17) is 4.74 Å². The molecule has 4 rings (SSSR count). The summed E-state index contributed by atoms with van der Waals surface area (Å²) in [6, 6.07) is 27.0. The van der Waals surface area contributed by atoms with Crippen molar-refractivity contribution in [3.8, 4) is 5.75 Å². The molecule has 0 radical (unpaired) electrons. The molecular formula is C26H26N2O3. The van der Waals surface area contributed by atoms with Crippen LogP contribution in [0.1, 0.15) is 30.5 Å². The number of rotatable bonds is 7. The molecule has 0 aliphatic carbocycles. The van der Waals surface area contributed by atoms with Gasteiger partial charge in [0.05, 0.1) is 6.04 Å². The van der Waals surface area contributed by atoms with Crippen molar-refractivity contribution in [3.63, 3.8) is 0 Å². The van der Waals surface area contributed by atoms with E-state index in [0.717, 1.165) is 22.6 Å². The van der Waals surface area contributed by atoms with Crippen LogP contribution in [0.2, 0.25) is 0 Å². The minimum Gasteiger partial charge on any atom is -0.489 e. The third-order valence-corrected chi connectivity index (χ3v) is 5.58. The number of ether oxygens (including phenoxy) is 1. The molecule has 1 N–H and O–H groups in total. The number of nitrogens with zero attached hydrogens (tertiary/aromatic N) is 1. The van der Waals surface area contributed by atoms with E-state index in [2.05, 4.69) is 5.32 Å². The van der Waals surface area contributed by atoms with E-state index >= 15 is 0 Å². The monoisotopic (exact) mass is 414 g/mol. The zero-order valence-corrected chi connectivity index (χ0v) is 17.5. The Morgan fingerprint density at radius 3 is 2.32 bits per heavy atom. The molecule has 5 nitrogen and oxygen atoms in total. The van der Waals surface area contributed by atoms with Crippen molar-refractivity contribution in [1.29, 1.82) is 0 Å². The van der Waals surface area contributed by atoms with Crippen LogP contribution in [0.5, 0.6) is 5.75 Å². The highest BCUT2D eigenvalue weighted by molar-refractivity contribution is 6.09.